The Hall–Kier alpha value is -6.96. The number of carbonyl (C=O) groups is 12. The number of unbranched alkanes of at least 4 members (excludes halogenated alkanes) is 2. The van der Waals surface area contributed by atoms with Crippen LogP contribution in [-0.2, 0) is 64.0 Å². The maximum absolute atomic E-state index is 14.4. The normalized spacial score (nSPS) is 15.2. The predicted molar refractivity (Wildman–Crippen MR) is 310 cm³/mol. The molecule has 0 aliphatic rings. The van der Waals surface area contributed by atoms with Gasteiger partial charge in [-0.3, -0.25) is 52.7 Å². The van der Waals surface area contributed by atoms with E-state index in [1.165, 1.54) is 24.3 Å². The summed E-state index contributed by atoms with van der Waals surface area (Å²) in [5, 5.41) is 52.4. The smallest absolute Gasteiger partial charge is 0.326 e. The summed E-state index contributed by atoms with van der Waals surface area (Å²) in [4.78, 5) is 167. The highest BCUT2D eigenvalue weighted by Gasteiger charge is 2.37. The molecule has 0 radical (unpaired) electrons. The molecule has 0 unspecified atom stereocenters. The highest BCUT2D eigenvalue weighted by molar-refractivity contribution is 7.98. The quantitative estimate of drug-likeness (QED) is 0.0283. The molecule has 31 heteroatoms. The number of aliphatic carboxylic acids is 2. The molecule has 476 valence electrons. The van der Waals surface area contributed by atoms with E-state index in [4.69, 9.17) is 28.0 Å². The number of carboxylic acids is 2. The zero-order valence-electron chi connectivity index (χ0n) is 49.3. The van der Waals surface area contributed by atoms with Gasteiger partial charge in [-0.05, 0) is 107 Å². The molecule has 1 aromatic rings. The second kappa shape index (κ2) is 40.3. The minimum absolute atomic E-state index is 0.00290. The number of hydrogen-bond donors (Lipinski definition) is 17. The van der Waals surface area contributed by atoms with Gasteiger partial charge in [-0.2, -0.15) is 11.8 Å². The molecule has 1 rings (SSSR count). The molecule has 10 amide bonds. The van der Waals surface area contributed by atoms with E-state index in [1.807, 2.05) is 0 Å². The molecule has 1 heterocycles. The summed E-state index contributed by atoms with van der Waals surface area (Å²) in [7, 11) is 0. The zero-order chi connectivity index (χ0) is 63.6. The maximum atomic E-state index is 14.4. The minimum Gasteiger partial charge on any atom is -0.481 e. The van der Waals surface area contributed by atoms with Crippen molar-refractivity contribution in [2.24, 2.45) is 40.7 Å². The van der Waals surface area contributed by atoms with Crippen molar-refractivity contribution in [3.05, 3.63) is 18.2 Å². The van der Waals surface area contributed by atoms with Gasteiger partial charge in [0.2, 0.25) is 59.1 Å². The first-order valence-electron chi connectivity index (χ1n) is 28.3. The Kier molecular flexibility index (Phi) is 36.0. The number of carboxylic acid groups (broad SMARTS) is 2. The van der Waals surface area contributed by atoms with Gasteiger partial charge in [0.25, 0.3) is 0 Å². The molecule has 0 saturated carbocycles. The lowest BCUT2D eigenvalue weighted by atomic mass is 9.98. The molecule has 0 aliphatic carbocycles. The van der Waals surface area contributed by atoms with Gasteiger partial charge in [-0.15, -0.1) is 0 Å². The van der Waals surface area contributed by atoms with Crippen LogP contribution in [0.2, 0.25) is 0 Å². The van der Waals surface area contributed by atoms with Gasteiger partial charge in [-0.1, -0.05) is 48.0 Å². The van der Waals surface area contributed by atoms with Gasteiger partial charge in [0, 0.05) is 24.7 Å². The maximum Gasteiger partial charge on any atom is 0.326 e. The fourth-order valence-corrected chi connectivity index (χ4v) is 8.88. The molecule has 0 fully saturated rings. The SMILES string of the molecule is CC[C@H](C)[C@H](NC(=O)[C@H](CCC(N)=O)NC(=O)[C@H](CCCCN)NC(=O)[C@H](CCCCN)NC(=O)[C@H](CC(C)C)NC(=O)[C@H](Cc1cnc[nH]1)NC(=O)[C@H](CO)NC(=O)[C@H](CCSC)NC(=O)[C@H](CC(C)C)NC(=O)[C@@H](N)CC(=O)O)C(=O)O. The topological polar surface area (TPSA) is 507 Å². The Morgan fingerprint density at radius 3 is 1.38 bits per heavy atom. The number of nitrogens with two attached hydrogens (primary N) is 4. The molecule has 21 N–H and O–H groups in total. The van der Waals surface area contributed by atoms with Crippen LogP contribution in [0.15, 0.2) is 12.5 Å². The Bertz CT molecular complexity index is 2300. The van der Waals surface area contributed by atoms with Gasteiger partial charge in [0.1, 0.15) is 54.4 Å². The number of imidazole rings is 1. The molecule has 1 aromatic heterocycles. The van der Waals surface area contributed by atoms with Crippen molar-refractivity contribution >= 4 is 82.8 Å². The number of nitrogens with one attached hydrogen (secondary N) is 10. The van der Waals surface area contributed by atoms with Crippen molar-refractivity contribution in [3.63, 3.8) is 0 Å². The Balaban J connectivity index is 3.57. The fraction of sp³-hybridized carbons (Fsp3) is 0.717. The number of amides is 10. The standard InChI is InChI=1S/C53H93N15O15S/c1-8-30(6)43(53(82)83)68-48(77)35(15-16-41(57)70)62-46(75)33(13-9-11-18-54)60-45(74)34(14-10-12-19-55)61-50(79)38(22-29(4)5)65-51(80)39(23-31-25-58-27-59-31)66-52(81)40(26-69)67-47(76)36(17-20-84-7)63-49(78)37(21-28(2)3)64-44(73)32(56)24-42(71)72/h25,27-30,32-40,43,69H,8-24,26,54-56H2,1-7H3,(H2,57,70)(H,58,59)(H,60,74)(H,61,79)(H,62,75)(H,63,78)(H,64,73)(H,65,80)(H,66,81)(H,67,76)(H,68,77)(H,71,72)(H,82,83)/t30-,32-,33-,34-,35-,36-,37-,38-,39-,40-,43-/m0/s1. The van der Waals surface area contributed by atoms with Crippen LogP contribution < -0.4 is 70.8 Å². The molecule has 30 nitrogen and oxygen atoms in total. The summed E-state index contributed by atoms with van der Waals surface area (Å²) >= 11 is 1.33. The van der Waals surface area contributed by atoms with Crippen LogP contribution in [0.25, 0.3) is 0 Å². The lowest BCUT2D eigenvalue weighted by Gasteiger charge is -2.29. The molecule has 0 spiro atoms. The number of aliphatic hydroxyl groups excluding tert-OH is 1. The summed E-state index contributed by atoms with van der Waals surface area (Å²) in [6.45, 7) is 9.85. The molecule has 0 bridgehead atoms. The largest absolute Gasteiger partial charge is 0.481 e. The lowest BCUT2D eigenvalue weighted by molar-refractivity contribution is -0.144. The number of aromatic amines is 1. The predicted octanol–water partition coefficient (Wildman–Crippen LogP) is -3.39. The lowest BCUT2D eigenvalue weighted by Crippen LogP contribution is -2.61. The molecule has 11 atom stereocenters. The highest BCUT2D eigenvalue weighted by Crippen LogP contribution is 2.14. The summed E-state index contributed by atoms with van der Waals surface area (Å²) in [5.74, 6) is -12.1. The van der Waals surface area contributed by atoms with Crippen molar-refractivity contribution < 1.29 is 72.9 Å². The van der Waals surface area contributed by atoms with Crippen molar-refractivity contribution in [3.8, 4) is 0 Å². The summed E-state index contributed by atoms with van der Waals surface area (Å²) in [6.07, 6.45) is 4.70. The van der Waals surface area contributed by atoms with E-state index >= 15 is 0 Å². The minimum atomic E-state index is -1.72. The number of nitrogens with zero attached hydrogens (tertiary/aromatic N) is 1. The second-order valence-corrected chi connectivity index (χ2v) is 22.5. The number of rotatable bonds is 44. The van der Waals surface area contributed by atoms with Gasteiger partial charge >= 0.3 is 11.9 Å². The third-order valence-electron chi connectivity index (χ3n) is 13.3. The summed E-state index contributed by atoms with van der Waals surface area (Å²) in [5.41, 5.74) is 23.0. The van der Waals surface area contributed by atoms with Crippen molar-refractivity contribution in [1.82, 2.24) is 57.8 Å². The Labute approximate surface area is 494 Å². The number of carbonyl (C=O) groups excluding carboxylic acids is 10. The van der Waals surface area contributed by atoms with Crippen LogP contribution in [0.5, 0.6) is 0 Å². The van der Waals surface area contributed by atoms with Crippen LogP contribution in [0.3, 0.4) is 0 Å². The monoisotopic (exact) mass is 1210 g/mol. The third kappa shape index (κ3) is 29.0. The van der Waals surface area contributed by atoms with Crippen LogP contribution >= 0.6 is 11.8 Å². The van der Waals surface area contributed by atoms with Gasteiger partial charge in [0.05, 0.1) is 25.4 Å². The number of hydrogen-bond acceptors (Lipinski definition) is 18. The Morgan fingerprint density at radius 2 is 0.976 bits per heavy atom. The van der Waals surface area contributed by atoms with E-state index in [-0.39, 0.29) is 76.3 Å². The zero-order valence-corrected chi connectivity index (χ0v) is 50.1. The summed E-state index contributed by atoms with van der Waals surface area (Å²) < 4.78 is 0. The average molecular weight is 1210 g/mol. The first-order valence-corrected chi connectivity index (χ1v) is 29.7. The molecular formula is C53H93N15O15S. The summed E-state index contributed by atoms with van der Waals surface area (Å²) in [6, 6.07) is -14.1. The van der Waals surface area contributed by atoms with E-state index in [2.05, 4.69) is 57.8 Å². The van der Waals surface area contributed by atoms with Crippen molar-refractivity contribution in [2.45, 2.75) is 192 Å². The Morgan fingerprint density at radius 1 is 0.571 bits per heavy atom. The van der Waals surface area contributed by atoms with Crippen molar-refractivity contribution in [2.75, 3.05) is 31.7 Å². The van der Waals surface area contributed by atoms with Crippen molar-refractivity contribution in [1.29, 1.82) is 0 Å². The molecule has 84 heavy (non-hydrogen) atoms. The second-order valence-electron chi connectivity index (χ2n) is 21.5. The number of primary amides is 1. The van der Waals surface area contributed by atoms with E-state index < -0.39 is 150 Å². The van der Waals surface area contributed by atoms with E-state index in [0.29, 0.717) is 43.6 Å². The molecule has 0 aliphatic heterocycles. The number of H-pyrrole nitrogens is 1. The highest BCUT2D eigenvalue weighted by atomic mass is 32.2. The van der Waals surface area contributed by atoms with Gasteiger partial charge in [-0.25, -0.2) is 9.78 Å². The van der Waals surface area contributed by atoms with E-state index in [9.17, 15) is 67.7 Å². The van der Waals surface area contributed by atoms with Gasteiger partial charge in [0.15, 0.2) is 0 Å². The number of aliphatic hydroxyl groups is 1. The molecule has 0 saturated heterocycles. The first-order chi connectivity index (χ1) is 39.6. The van der Waals surface area contributed by atoms with E-state index in [1.54, 1.807) is 47.8 Å². The van der Waals surface area contributed by atoms with Crippen LogP contribution in [0.1, 0.15) is 131 Å². The van der Waals surface area contributed by atoms with E-state index in [0.717, 1.165) is 0 Å². The fourth-order valence-electron chi connectivity index (χ4n) is 8.41. The molecule has 0 aromatic carbocycles. The van der Waals surface area contributed by atoms with Crippen LogP contribution in [-0.4, -0.2) is 188 Å². The van der Waals surface area contributed by atoms with Crippen LogP contribution in [0, 0.1) is 17.8 Å². The number of thioether (sulfide) groups is 1. The third-order valence-corrected chi connectivity index (χ3v) is 14.0. The number of aromatic nitrogens is 2. The van der Waals surface area contributed by atoms with Crippen LogP contribution in [0.4, 0.5) is 0 Å². The average Bonchev–Trinajstić information content (AvgIpc) is 4.09. The molecular weight excluding hydrogens is 1120 g/mol. The first kappa shape index (κ1) is 75.1. The van der Waals surface area contributed by atoms with Gasteiger partial charge < -0.3 is 91.1 Å².